The summed E-state index contributed by atoms with van der Waals surface area (Å²) in [6.07, 6.45) is 0. The molecule has 1 aliphatic heterocycles. The minimum atomic E-state index is -3.00. The molecule has 1 heterocycles. The van der Waals surface area contributed by atoms with E-state index in [4.69, 9.17) is 5.73 Å². The molecule has 0 aromatic heterocycles. The van der Waals surface area contributed by atoms with Crippen LogP contribution in [0.4, 0.5) is 8.78 Å². The van der Waals surface area contributed by atoms with E-state index in [-0.39, 0.29) is 23.1 Å². The highest BCUT2D eigenvalue weighted by molar-refractivity contribution is 5.97. The molecule has 6 nitrogen and oxygen atoms in total. The summed E-state index contributed by atoms with van der Waals surface area (Å²) in [6, 6.07) is 5.33. The minimum absolute atomic E-state index is 0.0329. The number of hydrogen-bond donors (Lipinski definition) is 1. The molecule has 0 radical (unpaired) electrons. The number of amides is 2. The van der Waals surface area contributed by atoms with Gasteiger partial charge in [0.05, 0.1) is 11.6 Å². The first-order valence-corrected chi connectivity index (χ1v) is 8.18. The SMILES string of the molecule is CC(C)[C@H](N)C(=O)N1CCN(C(=O)c2ccccc2OC(F)F)CC1. The van der Waals surface area contributed by atoms with Gasteiger partial charge in [0.2, 0.25) is 5.91 Å². The van der Waals surface area contributed by atoms with Crippen molar-refractivity contribution in [3.8, 4) is 5.75 Å². The minimum Gasteiger partial charge on any atom is -0.434 e. The van der Waals surface area contributed by atoms with Crippen LogP contribution < -0.4 is 10.5 Å². The Bertz CT molecular complexity index is 617. The zero-order chi connectivity index (χ0) is 18.6. The topological polar surface area (TPSA) is 75.9 Å². The van der Waals surface area contributed by atoms with E-state index >= 15 is 0 Å². The van der Waals surface area contributed by atoms with Gasteiger partial charge >= 0.3 is 6.61 Å². The first-order chi connectivity index (χ1) is 11.8. The Balaban J connectivity index is 2.01. The fourth-order valence-corrected chi connectivity index (χ4v) is 2.64. The van der Waals surface area contributed by atoms with Gasteiger partial charge in [-0.2, -0.15) is 8.78 Å². The van der Waals surface area contributed by atoms with Crippen LogP contribution in [-0.2, 0) is 4.79 Å². The molecule has 0 saturated carbocycles. The molecule has 1 aliphatic rings. The van der Waals surface area contributed by atoms with E-state index in [2.05, 4.69) is 4.74 Å². The van der Waals surface area contributed by atoms with Crippen LogP contribution in [0.5, 0.6) is 5.75 Å². The molecule has 1 atom stereocenters. The van der Waals surface area contributed by atoms with E-state index in [9.17, 15) is 18.4 Å². The maximum atomic E-state index is 12.6. The number of benzene rings is 1. The highest BCUT2D eigenvalue weighted by Gasteiger charge is 2.29. The summed E-state index contributed by atoms with van der Waals surface area (Å²) in [4.78, 5) is 28.0. The summed E-state index contributed by atoms with van der Waals surface area (Å²) >= 11 is 0. The molecule has 0 spiro atoms. The second-order valence-corrected chi connectivity index (χ2v) is 6.26. The van der Waals surface area contributed by atoms with Gasteiger partial charge in [-0.15, -0.1) is 0 Å². The predicted molar refractivity (Wildman–Crippen MR) is 88.4 cm³/mol. The second kappa shape index (κ2) is 8.24. The number of ether oxygens (including phenoxy) is 1. The van der Waals surface area contributed by atoms with Crippen molar-refractivity contribution in [1.29, 1.82) is 0 Å². The molecule has 1 aromatic carbocycles. The van der Waals surface area contributed by atoms with Crippen LogP contribution >= 0.6 is 0 Å². The van der Waals surface area contributed by atoms with Gasteiger partial charge in [-0.25, -0.2) is 0 Å². The number of para-hydroxylation sites is 1. The van der Waals surface area contributed by atoms with Crippen molar-refractivity contribution in [2.45, 2.75) is 26.5 Å². The molecular formula is C17H23F2N3O3. The van der Waals surface area contributed by atoms with Gasteiger partial charge in [0.15, 0.2) is 0 Å². The normalized spacial score (nSPS) is 16.3. The average Bonchev–Trinajstić information content (AvgIpc) is 2.60. The molecule has 1 saturated heterocycles. The van der Waals surface area contributed by atoms with Crippen LogP contribution in [0.3, 0.4) is 0 Å². The van der Waals surface area contributed by atoms with E-state index in [0.717, 1.165) is 0 Å². The molecule has 1 fully saturated rings. The van der Waals surface area contributed by atoms with E-state index in [1.165, 1.54) is 23.1 Å². The van der Waals surface area contributed by atoms with Crippen LogP contribution in [0.25, 0.3) is 0 Å². The van der Waals surface area contributed by atoms with Crippen molar-refractivity contribution in [3.05, 3.63) is 29.8 Å². The molecule has 25 heavy (non-hydrogen) atoms. The third-order valence-electron chi connectivity index (χ3n) is 4.22. The van der Waals surface area contributed by atoms with Crippen molar-refractivity contribution in [2.75, 3.05) is 26.2 Å². The maximum absolute atomic E-state index is 12.6. The maximum Gasteiger partial charge on any atom is 0.387 e. The number of nitrogens with two attached hydrogens (primary N) is 1. The number of carbonyl (C=O) groups excluding carboxylic acids is 2. The van der Waals surface area contributed by atoms with Crippen LogP contribution in [0.2, 0.25) is 0 Å². The quantitative estimate of drug-likeness (QED) is 0.870. The summed E-state index contributed by atoms with van der Waals surface area (Å²) in [5.74, 6) is -0.645. The number of halogens is 2. The zero-order valence-corrected chi connectivity index (χ0v) is 14.3. The summed E-state index contributed by atoms with van der Waals surface area (Å²) < 4.78 is 29.4. The highest BCUT2D eigenvalue weighted by Crippen LogP contribution is 2.22. The molecule has 8 heteroatoms. The Morgan fingerprint density at radius 2 is 1.64 bits per heavy atom. The molecule has 138 valence electrons. The van der Waals surface area contributed by atoms with Gasteiger partial charge in [-0.05, 0) is 18.1 Å². The number of carbonyl (C=O) groups is 2. The first-order valence-electron chi connectivity index (χ1n) is 8.18. The lowest BCUT2D eigenvalue weighted by Crippen LogP contribution is -2.55. The van der Waals surface area contributed by atoms with Crippen molar-refractivity contribution in [2.24, 2.45) is 11.7 Å². The predicted octanol–water partition coefficient (Wildman–Crippen LogP) is 1.56. The standard InChI is InChI=1S/C17H23F2N3O3/c1-11(2)14(20)16(24)22-9-7-21(8-10-22)15(23)12-5-3-4-6-13(12)25-17(18)19/h3-6,11,14,17H,7-10,20H2,1-2H3/t14-/m0/s1. The Morgan fingerprint density at radius 1 is 1.08 bits per heavy atom. The fraction of sp³-hybridized carbons (Fsp3) is 0.529. The molecule has 1 aromatic rings. The van der Waals surface area contributed by atoms with Crippen LogP contribution in [0, 0.1) is 5.92 Å². The Kier molecular flexibility index (Phi) is 6.30. The lowest BCUT2D eigenvalue weighted by Gasteiger charge is -2.36. The monoisotopic (exact) mass is 355 g/mol. The van der Waals surface area contributed by atoms with Gasteiger partial charge in [-0.1, -0.05) is 26.0 Å². The molecule has 0 bridgehead atoms. The number of rotatable bonds is 5. The van der Waals surface area contributed by atoms with Gasteiger partial charge in [-0.3, -0.25) is 9.59 Å². The van der Waals surface area contributed by atoms with Gasteiger partial charge < -0.3 is 20.3 Å². The van der Waals surface area contributed by atoms with E-state index in [0.29, 0.717) is 26.2 Å². The third-order valence-corrected chi connectivity index (χ3v) is 4.22. The van der Waals surface area contributed by atoms with Gasteiger partial charge in [0.25, 0.3) is 5.91 Å². The Labute approximate surface area is 145 Å². The van der Waals surface area contributed by atoms with Crippen molar-refractivity contribution in [1.82, 2.24) is 9.80 Å². The van der Waals surface area contributed by atoms with Crippen LogP contribution in [0.1, 0.15) is 24.2 Å². The summed E-state index contributed by atoms with van der Waals surface area (Å²) in [5.41, 5.74) is 5.97. The first kappa shape index (κ1) is 19.1. The average molecular weight is 355 g/mol. The molecule has 0 aliphatic carbocycles. The second-order valence-electron chi connectivity index (χ2n) is 6.26. The smallest absolute Gasteiger partial charge is 0.387 e. The van der Waals surface area contributed by atoms with Gasteiger partial charge in [0, 0.05) is 26.2 Å². The van der Waals surface area contributed by atoms with E-state index in [1.54, 1.807) is 11.0 Å². The zero-order valence-electron chi connectivity index (χ0n) is 14.3. The summed E-state index contributed by atoms with van der Waals surface area (Å²) in [5, 5.41) is 0. The highest BCUT2D eigenvalue weighted by atomic mass is 19.3. The molecule has 2 N–H and O–H groups in total. The van der Waals surface area contributed by atoms with Crippen molar-refractivity contribution >= 4 is 11.8 Å². The molecule has 0 unspecified atom stereocenters. The van der Waals surface area contributed by atoms with Crippen LogP contribution in [-0.4, -0.2) is 60.4 Å². The van der Waals surface area contributed by atoms with E-state index < -0.39 is 18.6 Å². The number of hydrogen-bond acceptors (Lipinski definition) is 4. The van der Waals surface area contributed by atoms with Gasteiger partial charge in [0.1, 0.15) is 5.75 Å². The lowest BCUT2D eigenvalue weighted by atomic mass is 10.0. The lowest BCUT2D eigenvalue weighted by molar-refractivity contribution is -0.135. The van der Waals surface area contributed by atoms with Crippen molar-refractivity contribution < 1.29 is 23.1 Å². The number of alkyl halides is 2. The summed E-state index contributed by atoms with van der Waals surface area (Å²) in [7, 11) is 0. The largest absolute Gasteiger partial charge is 0.434 e. The van der Waals surface area contributed by atoms with Crippen molar-refractivity contribution in [3.63, 3.8) is 0 Å². The fourth-order valence-electron chi connectivity index (χ4n) is 2.64. The Morgan fingerprint density at radius 3 is 2.20 bits per heavy atom. The number of piperazine rings is 1. The molecule has 2 amide bonds. The van der Waals surface area contributed by atoms with Crippen LogP contribution in [0.15, 0.2) is 24.3 Å². The summed E-state index contributed by atoms with van der Waals surface area (Å²) in [6.45, 7) is 2.12. The third kappa shape index (κ3) is 4.66. The molecule has 2 rings (SSSR count). The number of nitrogens with zero attached hydrogens (tertiary/aromatic N) is 2. The Hall–Kier alpha value is -2.22. The van der Waals surface area contributed by atoms with E-state index in [1.807, 2.05) is 13.8 Å². The molecular weight excluding hydrogens is 332 g/mol.